The average Bonchev–Trinajstić information content (AvgIpc) is 3.11. The predicted octanol–water partition coefficient (Wildman–Crippen LogP) is 1.61. The van der Waals surface area contributed by atoms with Crippen molar-refractivity contribution in [3.63, 3.8) is 0 Å². The first kappa shape index (κ1) is 23.8. The third-order valence-electron chi connectivity index (χ3n) is 6.16. The Balaban J connectivity index is 1.47. The number of imide groups is 1. The molecule has 2 aromatic carbocycles. The zero-order chi connectivity index (χ0) is 24.8. The Morgan fingerprint density at radius 1 is 1.21 bits per heavy atom. The molecular weight excluding hydrogens is 474 g/mol. The minimum atomic E-state index is -4.13. The molecule has 34 heavy (non-hydrogen) atoms. The predicted molar refractivity (Wildman–Crippen MR) is 117 cm³/mol. The zero-order valence-corrected chi connectivity index (χ0v) is 18.6. The Hall–Kier alpha value is -3.34. The van der Waals surface area contributed by atoms with Crippen LogP contribution >= 0.6 is 11.6 Å². The van der Waals surface area contributed by atoms with Gasteiger partial charge in [0, 0.05) is 30.1 Å². The minimum Gasteiger partial charge on any atom is -0.346 e. The number of rotatable bonds is 5. The lowest BCUT2D eigenvalue weighted by atomic mass is 9.70. The van der Waals surface area contributed by atoms with Crippen LogP contribution in [-0.4, -0.2) is 41.8 Å². The number of piperidine rings is 1. The molecule has 176 valence electrons. The third kappa shape index (κ3) is 4.04. The van der Waals surface area contributed by atoms with Gasteiger partial charge in [-0.15, -0.1) is 0 Å². The number of nitrogens with zero attached hydrogens (tertiary/aromatic N) is 1. The Labute approximate surface area is 198 Å². The van der Waals surface area contributed by atoms with Gasteiger partial charge in [0.05, 0.1) is 11.0 Å². The molecule has 0 saturated carbocycles. The molecule has 12 heteroatoms. The van der Waals surface area contributed by atoms with Gasteiger partial charge >= 0.3 is 5.92 Å². The average molecular weight is 492 g/mol. The summed E-state index contributed by atoms with van der Waals surface area (Å²) in [5.41, 5.74) is -0.972. The van der Waals surface area contributed by atoms with Gasteiger partial charge in [-0.05, 0) is 41.8 Å². The van der Waals surface area contributed by atoms with Gasteiger partial charge in [-0.2, -0.15) is 8.78 Å². The van der Waals surface area contributed by atoms with E-state index in [1.165, 1.54) is 17.0 Å². The van der Waals surface area contributed by atoms with Gasteiger partial charge in [0.15, 0.2) is 0 Å². The van der Waals surface area contributed by atoms with Crippen molar-refractivity contribution >= 4 is 43.1 Å². The van der Waals surface area contributed by atoms with Crippen LogP contribution in [0.25, 0.3) is 0 Å². The maximum atomic E-state index is 14.5. The van der Waals surface area contributed by atoms with Crippen LogP contribution in [0.5, 0.6) is 0 Å². The van der Waals surface area contributed by atoms with Crippen LogP contribution in [0.3, 0.4) is 0 Å². The molecule has 1 atom stereocenters. The first-order valence-electron chi connectivity index (χ1n) is 10.3. The molecule has 7 nitrogen and oxygen atoms in total. The highest BCUT2D eigenvalue weighted by Gasteiger charge is 2.48. The molecular formula is C22H18BClF3N3O4. The molecule has 0 aromatic heterocycles. The Morgan fingerprint density at radius 3 is 2.62 bits per heavy atom. The standard InChI is InChI=1S/C22H18BClF3N3O4/c23-21(6-5-17(31)29-19(21)33)30-10-12-7-11(1-3-14(12)18(30)32)9-28-20(34)22(26,27)15-4-2-13(24)8-16(15)25/h1-4,7-8H,5-6,9-10,23H2,(H,28,34)(H,29,31,33). The van der Waals surface area contributed by atoms with E-state index in [1.807, 2.05) is 0 Å². The summed E-state index contributed by atoms with van der Waals surface area (Å²) in [6.45, 7) is -0.211. The normalized spacial score (nSPS) is 20.2. The van der Waals surface area contributed by atoms with Gasteiger partial charge in [-0.25, -0.2) is 4.39 Å². The summed E-state index contributed by atoms with van der Waals surface area (Å²) >= 11 is 5.58. The quantitative estimate of drug-likeness (QED) is 0.491. The molecule has 2 aromatic rings. The molecule has 0 radical (unpaired) electrons. The lowest BCUT2D eigenvalue weighted by Gasteiger charge is -2.39. The van der Waals surface area contributed by atoms with E-state index in [0.717, 1.165) is 12.1 Å². The number of alkyl halides is 2. The van der Waals surface area contributed by atoms with Crippen molar-refractivity contribution in [3.8, 4) is 0 Å². The SMILES string of the molecule is BC1(N2Cc3cc(CNC(=O)C(F)(F)c4ccc(Cl)cc4F)ccc3C2=O)CCC(=O)NC1=O. The van der Waals surface area contributed by atoms with E-state index < -0.39 is 40.5 Å². The highest BCUT2D eigenvalue weighted by atomic mass is 35.5. The molecule has 0 aliphatic carbocycles. The molecule has 4 rings (SSSR count). The smallest absolute Gasteiger partial charge is 0.346 e. The van der Waals surface area contributed by atoms with E-state index >= 15 is 0 Å². The number of carbonyl (C=O) groups excluding carboxylic acids is 4. The lowest BCUT2D eigenvalue weighted by molar-refractivity contribution is -0.147. The highest BCUT2D eigenvalue weighted by molar-refractivity contribution is 6.32. The van der Waals surface area contributed by atoms with E-state index in [0.29, 0.717) is 22.8 Å². The summed E-state index contributed by atoms with van der Waals surface area (Å²) in [5.74, 6) is -8.47. The van der Waals surface area contributed by atoms with Crippen molar-refractivity contribution in [2.45, 2.75) is 37.3 Å². The van der Waals surface area contributed by atoms with Crippen LogP contribution in [0.2, 0.25) is 5.02 Å². The van der Waals surface area contributed by atoms with E-state index in [2.05, 4.69) is 10.6 Å². The number of hydrogen-bond acceptors (Lipinski definition) is 4. The molecule has 2 N–H and O–H groups in total. The molecule has 2 aliphatic rings. The monoisotopic (exact) mass is 491 g/mol. The summed E-state index contributed by atoms with van der Waals surface area (Å²) in [4.78, 5) is 50.3. The summed E-state index contributed by atoms with van der Waals surface area (Å²) < 4.78 is 42.8. The number of hydrogen-bond donors (Lipinski definition) is 2. The van der Waals surface area contributed by atoms with Crippen LogP contribution in [0.4, 0.5) is 13.2 Å². The maximum absolute atomic E-state index is 14.5. The summed E-state index contributed by atoms with van der Waals surface area (Å²) in [5, 5.41) is 4.26. The highest BCUT2D eigenvalue weighted by Crippen LogP contribution is 2.34. The molecule has 0 spiro atoms. The van der Waals surface area contributed by atoms with Gasteiger partial charge in [0.1, 0.15) is 13.7 Å². The zero-order valence-electron chi connectivity index (χ0n) is 17.9. The Bertz CT molecular complexity index is 1240. The fourth-order valence-corrected chi connectivity index (χ4v) is 4.25. The molecule has 2 aliphatic heterocycles. The van der Waals surface area contributed by atoms with Crippen molar-refractivity contribution in [1.29, 1.82) is 0 Å². The summed E-state index contributed by atoms with van der Waals surface area (Å²) in [6.07, 6.45) is 0.277. The van der Waals surface area contributed by atoms with Gasteiger partial charge in [-0.3, -0.25) is 24.5 Å². The number of fused-ring (bicyclic) bond motifs is 1. The number of nitrogens with one attached hydrogen (secondary N) is 2. The third-order valence-corrected chi connectivity index (χ3v) is 6.39. The van der Waals surface area contributed by atoms with E-state index in [-0.39, 0.29) is 36.9 Å². The van der Waals surface area contributed by atoms with Gasteiger partial charge in [-0.1, -0.05) is 23.7 Å². The van der Waals surface area contributed by atoms with Crippen molar-refractivity contribution in [3.05, 3.63) is 69.5 Å². The Morgan fingerprint density at radius 2 is 1.94 bits per heavy atom. The minimum absolute atomic E-state index is 0.0784. The van der Waals surface area contributed by atoms with Crippen LogP contribution < -0.4 is 10.6 Å². The first-order chi connectivity index (χ1) is 15.9. The van der Waals surface area contributed by atoms with Crippen molar-refractivity contribution in [2.75, 3.05) is 0 Å². The van der Waals surface area contributed by atoms with Crippen molar-refractivity contribution < 1.29 is 32.3 Å². The summed E-state index contributed by atoms with van der Waals surface area (Å²) in [6, 6.07) is 7.07. The fraction of sp³-hybridized carbons (Fsp3) is 0.273. The largest absolute Gasteiger partial charge is 0.352 e. The summed E-state index contributed by atoms with van der Waals surface area (Å²) in [7, 11) is 1.58. The number of carbonyl (C=O) groups is 4. The molecule has 4 amide bonds. The Kier molecular flexibility index (Phi) is 5.93. The number of halogens is 4. The maximum Gasteiger partial charge on any atom is 0.352 e. The molecule has 1 fully saturated rings. The van der Waals surface area contributed by atoms with E-state index in [1.54, 1.807) is 13.9 Å². The van der Waals surface area contributed by atoms with Crippen LogP contribution in [0, 0.1) is 5.82 Å². The van der Waals surface area contributed by atoms with Gasteiger partial charge in [0.2, 0.25) is 11.8 Å². The van der Waals surface area contributed by atoms with Gasteiger partial charge < -0.3 is 10.2 Å². The number of amides is 4. The van der Waals surface area contributed by atoms with Crippen molar-refractivity contribution in [2.24, 2.45) is 0 Å². The lowest BCUT2D eigenvalue weighted by Crippen LogP contribution is -2.63. The van der Waals surface area contributed by atoms with Crippen LogP contribution in [0.15, 0.2) is 36.4 Å². The van der Waals surface area contributed by atoms with E-state index in [9.17, 15) is 32.3 Å². The number of benzene rings is 2. The van der Waals surface area contributed by atoms with Gasteiger partial charge in [0.25, 0.3) is 11.8 Å². The molecule has 1 saturated heterocycles. The van der Waals surface area contributed by atoms with E-state index in [4.69, 9.17) is 11.6 Å². The molecule has 2 heterocycles. The second-order valence-corrected chi connectivity index (χ2v) is 8.85. The van der Waals surface area contributed by atoms with Crippen molar-refractivity contribution in [1.82, 2.24) is 15.5 Å². The second-order valence-electron chi connectivity index (χ2n) is 8.42. The topological polar surface area (TPSA) is 95.6 Å². The fourth-order valence-electron chi connectivity index (χ4n) is 4.09. The molecule has 0 bridgehead atoms. The second kappa shape index (κ2) is 8.46. The first-order valence-corrected chi connectivity index (χ1v) is 10.7. The van der Waals surface area contributed by atoms with Crippen LogP contribution in [-0.2, 0) is 33.4 Å². The molecule has 1 unspecified atom stereocenters. The van der Waals surface area contributed by atoms with Crippen LogP contribution in [0.1, 0.15) is 39.9 Å².